The van der Waals surface area contributed by atoms with Gasteiger partial charge in [0.2, 0.25) is 0 Å². The van der Waals surface area contributed by atoms with E-state index in [1.165, 1.54) is 19.3 Å². The smallest absolute Gasteiger partial charge is 0.0682 e. The van der Waals surface area contributed by atoms with Gasteiger partial charge in [-0.2, -0.15) is 0 Å². The fourth-order valence-corrected chi connectivity index (χ4v) is 4.44. The molecule has 0 aliphatic rings. The van der Waals surface area contributed by atoms with Gasteiger partial charge in [0.1, 0.15) is 0 Å². The lowest BCUT2D eigenvalue weighted by molar-refractivity contribution is -0.148. The highest BCUT2D eigenvalue weighted by Gasteiger charge is 2.46. The number of nitrogens with two attached hydrogens (primary N) is 1. The van der Waals surface area contributed by atoms with Gasteiger partial charge in [0.05, 0.1) is 24.4 Å². The average molecular weight is 372 g/mol. The van der Waals surface area contributed by atoms with E-state index in [1.807, 2.05) is 0 Å². The number of rotatable bonds is 14. The van der Waals surface area contributed by atoms with Crippen molar-refractivity contribution in [3.63, 3.8) is 0 Å². The van der Waals surface area contributed by atoms with Crippen molar-refractivity contribution in [3.05, 3.63) is 0 Å². The molecule has 0 heterocycles. The van der Waals surface area contributed by atoms with Crippen molar-refractivity contribution in [3.8, 4) is 0 Å². The Hall–Kier alpha value is -0.120. The molecular formula is C23H49NO2. The van der Waals surface area contributed by atoms with Crippen LogP contribution in [0.5, 0.6) is 0 Å². The fraction of sp³-hybridized carbons (Fsp3) is 1.00. The van der Waals surface area contributed by atoms with Crippen molar-refractivity contribution in [2.24, 2.45) is 28.9 Å². The molecule has 0 bridgehead atoms. The summed E-state index contributed by atoms with van der Waals surface area (Å²) in [5, 5.41) is 0. The molecule has 2 N–H and O–H groups in total. The molecule has 0 aliphatic carbocycles. The summed E-state index contributed by atoms with van der Waals surface area (Å²) < 4.78 is 12.5. The third-order valence-corrected chi connectivity index (χ3v) is 5.45. The van der Waals surface area contributed by atoms with Gasteiger partial charge in [-0.3, -0.25) is 0 Å². The van der Waals surface area contributed by atoms with Crippen molar-refractivity contribution >= 4 is 0 Å². The van der Waals surface area contributed by atoms with Gasteiger partial charge in [0.15, 0.2) is 0 Å². The van der Waals surface area contributed by atoms with E-state index in [-0.39, 0.29) is 16.6 Å². The van der Waals surface area contributed by atoms with Crippen LogP contribution < -0.4 is 5.73 Å². The Bertz CT molecular complexity index is 346. The van der Waals surface area contributed by atoms with E-state index in [0.29, 0.717) is 30.9 Å². The first-order chi connectivity index (χ1) is 11.8. The van der Waals surface area contributed by atoms with Crippen molar-refractivity contribution < 1.29 is 9.47 Å². The van der Waals surface area contributed by atoms with E-state index < -0.39 is 0 Å². The van der Waals surface area contributed by atoms with Crippen LogP contribution in [0.2, 0.25) is 0 Å². The maximum atomic E-state index is 6.60. The molecule has 3 heteroatoms. The molecule has 3 nitrogen and oxygen atoms in total. The molecule has 26 heavy (non-hydrogen) atoms. The first-order valence-corrected chi connectivity index (χ1v) is 10.7. The molecule has 0 amide bonds. The SMILES string of the molecule is CC(C)CC(CC(C)C)(CC(C)C)C(C)(C)OCCC(C)(C)OCCN. The number of hydrogen-bond acceptors (Lipinski definition) is 3. The van der Waals surface area contributed by atoms with E-state index in [0.717, 1.165) is 13.0 Å². The van der Waals surface area contributed by atoms with E-state index in [4.69, 9.17) is 15.2 Å². The molecule has 0 aromatic heterocycles. The minimum atomic E-state index is -0.188. The van der Waals surface area contributed by atoms with Crippen molar-refractivity contribution in [1.29, 1.82) is 0 Å². The minimum Gasteiger partial charge on any atom is -0.375 e. The Balaban J connectivity index is 5.28. The zero-order valence-electron chi connectivity index (χ0n) is 19.6. The molecule has 0 saturated heterocycles. The standard InChI is InChI=1S/C23H49NO2/c1-18(2)15-23(16-19(3)4,17-20(5)6)22(9,10)26-13-11-21(7,8)25-14-12-24/h18-20H,11-17,24H2,1-10H3. The lowest BCUT2D eigenvalue weighted by Gasteiger charge is -2.50. The molecule has 0 aromatic rings. The van der Waals surface area contributed by atoms with Crippen LogP contribution in [0.15, 0.2) is 0 Å². The summed E-state index contributed by atoms with van der Waals surface area (Å²) in [5.74, 6) is 2.00. The lowest BCUT2D eigenvalue weighted by Crippen LogP contribution is -2.49. The Morgan fingerprint density at radius 3 is 1.46 bits per heavy atom. The highest BCUT2D eigenvalue weighted by atomic mass is 16.5. The predicted octanol–water partition coefficient (Wildman–Crippen LogP) is 6.05. The zero-order chi connectivity index (χ0) is 20.6. The Morgan fingerprint density at radius 2 is 1.12 bits per heavy atom. The molecule has 0 fully saturated rings. The third-order valence-electron chi connectivity index (χ3n) is 5.45. The Labute approximate surface area is 164 Å². The van der Waals surface area contributed by atoms with Gasteiger partial charge >= 0.3 is 0 Å². The van der Waals surface area contributed by atoms with Crippen molar-refractivity contribution in [2.75, 3.05) is 19.8 Å². The van der Waals surface area contributed by atoms with Gasteiger partial charge in [0, 0.05) is 6.54 Å². The summed E-state index contributed by atoms with van der Waals surface area (Å²) in [7, 11) is 0. The summed E-state index contributed by atoms with van der Waals surface area (Å²) in [6, 6.07) is 0. The van der Waals surface area contributed by atoms with Gasteiger partial charge in [-0.1, -0.05) is 41.5 Å². The summed E-state index contributed by atoms with van der Waals surface area (Å²) >= 11 is 0. The molecule has 0 radical (unpaired) electrons. The summed E-state index contributed by atoms with van der Waals surface area (Å²) in [5.41, 5.74) is 5.43. The van der Waals surface area contributed by atoms with Gasteiger partial charge < -0.3 is 15.2 Å². The van der Waals surface area contributed by atoms with E-state index in [1.54, 1.807) is 0 Å². The van der Waals surface area contributed by atoms with Crippen LogP contribution in [-0.2, 0) is 9.47 Å². The fourth-order valence-electron chi connectivity index (χ4n) is 4.44. The Kier molecular flexibility index (Phi) is 11.0. The van der Waals surface area contributed by atoms with Crippen molar-refractivity contribution in [1.82, 2.24) is 0 Å². The molecule has 0 rings (SSSR count). The van der Waals surface area contributed by atoms with Gasteiger partial charge in [-0.05, 0) is 76.5 Å². The maximum absolute atomic E-state index is 6.60. The molecule has 0 atom stereocenters. The summed E-state index contributed by atoms with van der Waals surface area (Å²) in [6.45, 7) is 24.8. The monoisotopic (exact) mass is 371 g/mol. The largest absolute Gasteiger partial charge is 0.375 e. The van der Waals surface area contributed by atoms with Crippen LogP contribution >= 0.6 is 0 Å². The second-order valence-corrected chi connectivity index (χ2v) is 10.6. The normalized spacial score (nSPS) is 14.1. The first kappa shape index (κ1) is 25.9. The van der Waals surface area contributed by atoms with Crippen LogP contribution in [0.1, 0.15) is 94.9 Å². The number of ether oxygens (including phenoxy) is 2. The van der Waals surface area contributed by atoms with E-state index in [9.17, 15) is 0 Å². The van der Waals surface area contributed by atoms with Crippen molar-refractivity contribution in [2.45, 2.75) is 106 Å². The van der Waals surface area contributed by atoms with Gasteiger partial charge in [-0.15, -0.1) is 0 Å². The molecule has 0 saturated carbocycles. The van der Waals surface area contributed by atoms with Gasteiger partial charge in [-0.25, -0.2) is 0 Å². The lowest BCUT2D eigenvalue weighted by atomic mass is 9.61. The van der Waals surface area contributed by atoms with Crippen LogP contribution in [-0.4, -0.2) is 31.0 Å². The summed E-state index contributed by atoms with van der Waals surface area (Å²) in [4.78, 5) is 0. The first-order valence-electron chi connectivity index (χ1n) is 10.7. The zero-order valence-corrected chi connectivity index (χ0v) is 19.6. The number of hydrogen-bond donors (Lipinski definition) is 1. The second-order valence-electron chi connectivity index (χ2n) is 10.6. The molecule has 158 valence electrons. The third kappa shape index (κ3) is 9.19. The van der Waals surface area contributed by atoms with Crippen LogP contribution in [0.25, 0.3) is 0 Å². The molecule has 0 unspecified atom stereocenters. The minimum absolute atomic E-state index is 0.157. The quantitative estimate of drug-likeness (QED) is 0.404. The highest BCUT2D eigenvalue weighted by Crippen LogP contribution is 2.49. The predicted molar refractivity (Wildman–Crippen MR) is 115 cm³/mol. The van der Waals surface area contributed by atoms with E-state index in [2.05, 4.69) is 69.2 Å². The average Bonchev–Trinajstić information content (AvgIpc) is 2.42. The highest BCUT2D eigenvalue weighted by molar-refractivity contribution is 4.96. The van der Waals surface area contributed by atoms with Crippen LogP contribution in [0.3, 0.4) is 0 Å². The van der Waals surface area contributed by atoms with E-state index >= 15 is 0 Å². The topological polar surface area (TPSA) is 44.5 Å². The van der Waals surface area contributed by atoms with Crippen LogP contribution in [0.4, 0.5) is 0 Å². The molecule has 0 spiro atoms. The summed E-state index contributed by atoms with van der Waals surface area (Å²) in [6.07, 6.45) is 4.52. The Morgan fingerprint density at radius 1 is 0.692 bits per heavy atom. The van der Waals surface area contributed by atoms with Gasteiger partial charge in [0.25, 0.3) is 0 Å². The molecule has 0 aliphatic heterocycles. The molecular weight excluding hydrogens is 322 g/mol. The molecule has 0 aromatic carbocycles. The second kappa shape index (κ2) is 11.0. The van der Waals surface area contributed by atoms with Crippen LogP contribution in [0, 0.1) is 23.2 Å². The maximum Gasteiger partial charge on any atom is 0.0682 e.